The summed E-state index contributed by atoms with van der Waals surface area (Å²) in [5.74, 6) is 2.06. The molecule has 0 bridgehead atoms. The molecule has 2 rings (SSSR count). The van der Waals surface area contributed by atoms with E-state index in [-0.39, 0.29) is 18.3 Å². The van der Waals surface area contributed by atoms with Crippen molar-refractivity contribution in [2.75, 3.05) is 11.9 Å². The van der Waals surface area contributed by atoms with Gasteiger partial charge in [0.1, 0.15) is 11.6 Å². The fraction of sp³-hybridized carbons (Fsp3) is 0.0667. The number of carbonyl (C=O) groups is 1. The number of carbonyl (C=O) groups excluding carboxylic acids is 1. The highest BCUT2D eigenvalue weighted by Crippen LogP contribution is 2.18. The van der Waals surface area contributed by atoms with Gasteiger partial charge in [-0.2, -0.15) is 0 Å². The van der Waals surface area contributed by atoms with E-state index in [4.69, 9.17) is 6.42 Å². The summed E-state index contributed by atoms with van der Waals surface area (Å²) >= 11 is 0. The first-order valence-corrected chi connectivity index (χ1v) is 5.90. The van der Waals surface area contributed by atoms with Crippen molar-refractivity contribution in [3.8, 4) is 12.3 Å². The Bertz CT molecular complexity index is 647. The summed E-state index contributed by atoms with van der Waals surface area (Å²) in [6.07, 6.45) is 6.66. The molecule has 0 atom stereocenters. The van der Waals surface area contributed by atoms with Gasteiger partial charge in [-0.05, 0) is 36.4 Å². The van der Waals surface area contributed by atoms with Crippen molar-refractivity contribution >= 4 is 17.4 Å². The van der Waals surface area contributed by atoms with Gasteiger partial charge in [-0.15, -0.1) is 6.42 Å². The minimum atomic E-state index is -0.330. The van der Waals surface area contributed by atoms with Crippen LogP contribution in [0.4, 0.5) is 15.9 Å². The lowest BCUT2D eigenvalue weighted by molar-refractivity contribution is 0.0959. The second-order valence-electron chi connectivity index (χ2n) is 3.92. The average molecular weight is 269 g/mol. The summed E-state index contributed by atoms with van der Waals surface area (Å²) in [6.45, 7) is 0.143. The highest BCUT2D eigenvalue weighted by molar-refractivity contribution is 5.99. The van der Waals surface area contributed by atoms with Gasteiger partial charge in [0.05, 0.1) is 12.1 Å². The monoisotopic (exact) mass is 269 g/mol. The molecular formula is C15H12FN3O. The van der Waals surface area contributed by atoms with Crippen LogP contribution < -0.4 is 10.6 Å². The van der Waals surface area contributed by atoms with Crippen LogP contribution in [0.2, 0.25) is 0 Å². The third-order valence-corrected chi connectivity index (χ3v) is 2.51. The van der Waals surface area contributed by atoms with Gasteiger partial charge in [0.15, 0.2) is 0 Å². The number of nitrogens with one attached hydrogen (secondary N) is 2. The van der Waals surface area contributed by atoms with Crippen LogP contribution in [0.25, 0.3) is 0 Å². The zero-order valence-corrected chi connectivity index (χ0v) is 10.6. The van der Waals surface area contributed by atoms with Crippen LogP contribution in [-0.2, 0) is 0 Å². The van der Waals surface area contributed by atoms with Gasteiger partial charge in [0, 0.05) is 11.9 Å². The summed E-state index contributed by atoms with van der Waals surface area (Å²) in [7, 11) is 0. The lowest BCUT2D eigenvalue weighted by Crippen LogP contribution is -2.24. The van der Waals surface area contributed by atoms with Crippen molar-refractivity contribution in [3.05, 3.63) is 54.0 Å². The SMILES string of the molecule is C#CCNC(=O)c1cccnc1Nc1ccc(F)cc1. The Morgan fingerprint density at radius 1 is 1.30 bits per heavy atom. The number of halogens is 1. The molecule has 0 aliphatic heterocycles. The molecule has 100 valence electrons. The van der Waals surface area contributed by atoms with Crippen LogP contribution in [0.15, 0.2) is 42.6 Å². The molecule has 0 spiro atoms. The zero-order valence-electron chi connectivity index (χ0n) is 10.6. The predicted octanol–water partition coefficient (Wildman–Crippen LogP) is 2.33. The molecule has 4 nitrogen and oxygen atoms in total. The van der Waals surface area contributed by atoms with Gasteiger partial charge < -0.3 is 10.6 Å². The molecule has 0 radical (unpaired) electrons. The van der Waals surface area contributed by atoms with Crippen molar-refractivity contribution in [1.29, 1.82) is 0 Å². The van der Waals surface area contributed by atoms with E-state index in [0.29, 0.717) is 17.1 Å². The Balaban J connectivity index is 2.21. The van der Waals surface area contributed by atoms with Crippen molar-refractivity contribution in [2.45, 2.75) is 0 Å². The third-order valence-electron chi connectivity index (χ3n) is 2.51. The van der Waals surface area contributed by atoms with Crippen LogP contribution in [0.3, 0.4) is 0 Å². The first-order chi connectivity index (χ1) is 9.70. The predicted molar refractivity (Wildman–Crippen MR) is 75.1 cm³/mol. The normalized spacial score (nSPS) is 9.60. The molecule has 0 aliphatic rings. The number of rotatable bonds is 4. The van der Waals surface area contributed by atoms with E-state index >= 15 is 0 Å². The molecule has 1 aromatic carbocycles. The topological polar surface area (TPSA) is 54.0 Å². The highest BCUT2D eigenvalue weighted by Gasteiger charge is 2.11. The molecule has 1 heterocycles. The summed E-state index contributed by atoms with van der Waals surface area (Å²) in [6, 6.07) is 9.05. The van der Waals surface area contributed by atoms with Crippen LogP contribution in [0.5, 0.6) is 0 Å². The number of hydrogen-bond donors (Lipinski definition) is 2. The van der Waals surface area contributed by atoms with Gasteiger partial charge >= 0.3 is 0 Å². The van der Waals surface area contributed by atoms with Gasteiger partial charge in [-0.1, -0.05) is 5.92 Å². The number of hydrogen-bond acceptors (Lipinski definition) is 3. The van der Waals surface area contributed by atoms with E-state index in [9.17, 15) is 9.18 Å². The first kappa shape index (κ1) is 13.6. The molecule has 1 amide bonds. The van der Waals surface area contributed by atoms with Gasteiger partial charge in [-0.25, -0.2) is 9.37 Å². The summed E-state index contributed by atoms with van der Waals surface area (Å²) < 4.78 is 12.8. The Morgan fingerprint density at radius 3 is 2.75 bits per heavy atom. The molecule has 2 N–H and O–H groups in total. The molecule has 5 heteroatoms. The quantitative estimate of drug-likeness (QED) is 0.838. The van der Waals surface area contributed by atoms with Crippen LogP contribution in [0.1, 0.15) is 10.4 Å². The van der Waals surface area contributed by atoms with Crippen LogP contribution in [-0.4, -0.2) is 17.4 Å². The summed E-state index contributed by atoms with van der Waals surface area (Å²) in [5, 5.41) is 5.54. The molecular weight excluding hydrogens is 257 g/mol. The van der Waals surface area contributed by atoms with Crippen molar-refractivity contribution in [1.82, 2.24) is 10.3 Å². The maximum atomic E-state index is 12.8. The molecule has 1 aromatic heterocycles. The number of terminal acetylenes is 1. The van der Waals surface area contributed by atoms with E-state index < -0.39 is 0 Å². The number of aromatic nitrogens is 1. The lowest BCUT2D eigenvalue weighted by atomic mass is 10.2. The Labute approximate surface area is 116 Å². The molecule has 0 aliphatic carbocycles. The maximum Gasteiger partial charge on any atom is 0.255 e. The molecule has 0 saturated heterocycles. The Kier molecular flexibility index (Phi) is 4.30. The number of nitrogens with zero attached hydrogens (tertiary/aromatic N) is 1. The van der Waals surface area contributed by atoms with E-state index in [1.54, 1.807) is 30.5 Å². The van der Waals surface area contributed by atoms with Crippen LogP contribution >= 0.6 is 0 Å². The second kappa shape index (κ2) is 6.34. The number of pyridine rings is 1. The fourth-order valence-corrected chi connectivity index (χ4v) is 1.58. The van der Waals surface area contributed by atoms with E-state index in [2.05, 4.69) is 21.5 Å². The summed E-state index contributed by atoms with van der Waals surface area (Å²) in [4.78, 5) is 16.0. The second-order valence-corrected chi connectivity index (χ2v) is 3.92. The van der Waals surface area contributed by atoms with Gasteiger partial charge in [-0.3, -0.25) is 4.79 Å². The first-order valence-electron chi connectivity index (χ1n) is 5.90. The molecule has 20 heavy (non-hydrogen) atoms. The van der Waals surface area contributed by atoms with E-state index in [1.807, 2.05) is 0 Å². The molecule has 0 saturated carbocycles. The minimum Gasteiger partial charge on any atom is -0.341 e. The highest BCUT2D eigenvalue weighted by atomic mass is 19.1. The number of benzene rings is 1. The van der Waals surface area contributed by atoms with Crippen molar-refractivity contribution in [2.24, 2.45) is 0 Å². The lowest BCUT2D eigenvalue weighted by Gasteiger charge is -2.10. The fourth-order valence-electron chi connectivity index (χ4n) is 1.58. The van der Waals surface area contributed by atoms with Gasteiger partial charge in [0.25, 0.3) is 5.91 Å². The average Bonchev–Trinajstić information content (AvgIpc) is 2.48. The molecule has 2 aromatic rings. The van der Waals surface area contributed by atoms with E-state index in [1.165, 1.54) is 12.1 Å². The van der Waals surface area contributed by atoms with Crippen molar-refractivity contribution in [3.63, 3.8) is 0 Å². The number of amides is 1. The van der Waals surface area contributed by atoms with E-state index in [0.717, 1.165) is 0 Å². The Hall–Kier alpha value is -2.87. The van der Waals surface area contributed by atoms with Crippen LogP contribution in [0, 0.1) is 18.2 Å². The largest absolute Gasteiger partial charge is 0.341 e. The molecule has 0 fully saturated rings. The van der Waals surface area contributed by atoms with Crippen molar-refractivity contribution < 1.29 is 9.18 Å². The minimum absolute atomic E-state index is 0.143. The standard InChI is InChI=1S/C15H12FN3O/c1-2-9-18-15(20)13-4-3-10-17-14(13)19-12-7-5-11(16)6-8-12/h1,3-8,10H,9H2,(H,17,19)(H,18,20). The smallest absolute Gasteiger partial charge is 0.255 e. The molecule has 0 unspecified atom stereocenters. The maximum absolute atomic E-state index is 12.8. The Morgan fingerprint density at radius 2 is 2.05 bits per heavy atom. The summed E-state index contributed by atoms with van der Waals surface area (Å²) in [5.41, 5.74) is 1.00. The number of anilines is 2. The third kappa shape index (κ3) is 3.33. The van der Waals surface area contributed by atoms with Gasteiger partial charge in [0.2, 0.25) is 0 Å². The zero-order chi connectivity index (χ0) is 14.4.